The van der Waals surface area contributed by atoms with Crippen molar-refractivity contribution in [3.8, 4) is 10.4 Å². The molecule has 0 N–H and O–H groups in total. The molecule has 10 nitrogen and oxygen atoms in total. The highest BCUT2D eigenvalue weighted by Crippen LogP contribution is 2.52. The van der Waals surface area contributed by atoms with Gasteiger partial charge in [-0.1, -0.05) is 58.4 Å². The van der Waals surface area contributed by atoms with Gasteiger partial charge in [0.2, 0.25) is 0 Å². The summed E-state index contributed by atoms with van der Waals surface area (Å²) in [6, 6.07) is 1.72. The number of carbonyl (C=O) groups excluding carboxylic acids is 1. The van der Waals surface area contributed by atoms with Crippen LogP contribution in [0.5, 0.6) is 0 Å². The summed E-state index contributed by atoms with van der Waals surface area (Å²) in [4.78, 5) is 36.3. The predicted molar refractivity (Wildman–Crippen MR) is 219 cm³/mol. The van der Waals surface area contributed by atoms with Crippen molar-refractivity contribution in [1.82, 2.24) is 29.4 Å². The fourth-order valence-electron chi connectivity index (χ4n) is 9.17. The number of alkyl halides is 3. The molecule has 17 heteroatoms. The predicted octanol–water partition coefficient (Wildman–Crippen LogP) is 9.46. The van der Waals surface area contributed by atoms with Crippen LogP contribution in [0.1, 0.15) is 87.8 Å². The number of thioether (sulfide) groups is 1. The Morgan fingerprint density at radius 2 is 1.62 bits per heavy atom. The maximum atomic E-state index is 15.7. The molecular formula is C38H51ClF3N7O3S2Si. The number of ether oxygens (including phenoxy) is 1. The Bertz CT molecular complexity index is 2100. The highest BCUT2D eigenvalue weighted by atomic mass is 35.5. The minimum absolute atomic E-state index is 0.0309. The number of piperazine rings is 1. The average molecular weight is 839 g/mol. The molecule has 1 amide bonds. The van der Waals surface area contributed by atoms with Crippen LogP contribution in [0.15, 0.2) is 34.2 Å². The van der Waals surface area contributed by atoms with Gasteiger partial charge in [-0.05, 0) is 63.4 Å². The first kappa shape index (κ1) is 41.5. The zero-order valence-corrected chi connectivity index (χ0v) is 36.7. The molecule has 0 aliphatic carbocycles. The first-order valence-electron chi connectivity index (χ1n) is 18.8. The van der Waals surface area contributed by atoms with Crippen molar-refractivity contribution in [2.75, 3.05) is 23.7 Å². The van der Waals surface area contributed by atoms with E-state index in [1.165, 1.54) is 33.7 Å². The van der Waals surface area contributed by atoms with Crippen molar-refractivity contribution in [2.45, 2.75) is 134 Å². The summed E-state index contributed by atoms with van der Waals surface area (Å²) < 4.78 is 56.8. The third kappa shape index (κ3) is 7.45. The zero-order valence-electron chi connectivity index (χ0n) is 33.3. The van der Waals surface area contributed by atoms with Gasteiger partial charge in [0.25, 0.3) is 0 Å². The van der Waals surface area contributed by atoms with Crippen LogP contribution < -0.4 is 15.1 Å². The highest BCUT2D eigenvalue weighted by Gasteiger charge is 2.48. The molecule has 1 fully saturated rings. The highest BCUT2D eigenvalue weighted by molar-refractivity contribution is 7.99. The number of halogens is 4. The lowest BCUT2D eigenvalue weighted by molar-refractivity contribution is -0.137. The number of hydrogen-bond acceptors (Lipinski definition) is 9. The number of carbonyl (C=O) groups is 1. The smallest absolute Gasteiger partial charge is 0.417 e. The third-order valence-corrected chi connectivity index (χ3v) is 22.1. The molecular weight excluding hydrogens is 787 g/mol. The molecule has 55 heavy (non-hydrogen) atoms. The van der Waals surface area contributed by atoms with Crippen molar-refractivity contribution in [3.05, 3.63) is 45.6 Å². The summed E-state index contributed by atoms with van der Waals surface area (Å²) in [5, 5.41) is 8.88. The van der Waals surface area contributed by atoms with Crippen LogP contribution in [0, 0.1) is 0 Å². The molecule has 0 radical (unpaired) electrons. The van der Waals surface area contributed by atoms with E-state index in [1.807, 2.05) is 18.7 Å². The van der Waals surface area contributed by atoms with E-state index in [2.05, 4.69) is 56.8 Å². The van der Waals surface area contributed by atoms with Crippen LogP contribution in [-0.4, -0.2) is 80.1 Å². The van der Waals surface area contributed by atoms with Crippen molar-refractivity contribution >= 4 is 70.1 Å². The number of rotatable bonds is 7. The molecule has 0 bridgehead atoms. The maximum Gasteiger partial charge on any atom is 0.417 e. The SMILES string of the molecule is CC(C)[Si](c1sc(-c2c(C(F)(F)F)cc3c(N4C[C@@H](C)N(C(=O)OC(C)(C)C)[C@@H](C)C4)nc(=O)n4c3c2SC[C@@H](n2ccnn2)C4)cc1Cl)(C(C)C)C(C)C. The second kappa shape index (κ2) is 15.0. The molecule has 2 aliphatic heterocycles. The summed E-state index contributed by atoms with van der Waals surface area (Å²) in [5.74, 6) is 0.494. The fraction of sp³-hybridized carbons (Fsp3) is 0.605. The van der Waals surface area contributed by atoms with Gasteiger partial charge in [0, 0.05) is 50.3 Å². The summed E-state index contributed by atoms with van der Waals surface area (Å²) in [6.45, 7) is 22.9. The van der Waals surface area contributed by atoms with Gasteiger partial charge < -0.3 is 9.64 Å². The van der Waals surface area contributed by atoms with Crippen LogP contribution in [0.2, 0.25) is 21.6 Å². The molecule has 0 saturated carbocycles. The maximum absolute atomic E-state index is 15.7. The molecule has 0 unspecified atom stereocenters. The van der Waals surface area contributed by atoms with Gasteiger partial charge in [0.05, 0.1) is 47.0 Å². The van der Waals surface area contributed by atoms with Gasteiger partial charge in [-0.3, -0.25) is 9.47 Å². The van der Waals surface area contributed by atoms with Crippen LogP contribution in [0.25, 0.3) is 21.3 Å². The van der Waals surface area contributed by atoms with Crippen molar-refractivity contribution < 1.29 is 22.7 Å². The number of anilines is 1. The fourth-order valence-corrected chi connectivity index (χ4v) is 21.4. The molecule has 0 spiro atoms. The molecule has 5 heterocycles. The molecule has 3 atom stereocenters. The van der Waals surface area contributed by atoms with Gasteiger partial charge in [0.15, 0.2) is 0 Å². The van der Waals surface area contributed by atoms with E-state index in [9.17, 15) is 9.59 Å². The van der Waals surface area contributed by atoms with Crippen LogP contribution in [-0.2, 0) is 17.5 Å². The monoisotopic (exact) mass is 837 g/mol. The zero-order chi connectivity index (χ0) is 40.5. The first-order valence-corrected chi connectivity index (χ1v) is 23.2. The number of nitrogens with zero attached hydrogens (tertiary/aromatic N) is 7. The Balaban J connectivity index is 1.61. The minimum Gasteiger partial charge on any atom is -0.444 e. The van der Waals surface area contributed by atoms with Crippen LogP contribution in [0.3, 0.4) is 0 Å². The Hall–Kier alpha value is -3.08. The van der Waals surface area contributed by atoms with Gasteiger partial charge in [0.1, 0.15) is 19.5 Å². The molecule has 300 valence electrons. The summed E-state index contributed by atoms with van der Waals surface area (Å²) >= 11 is 9.80. The first-order chi connectivity index (χ1) is 25.6. The normalized spacial score (nSPS) is 19.9. The number of benzene rings is 1. The van der Waals surface area contributed by atoms with Crippen molar-refractivity contribution in [2.24, 2.45) is 0 Å². The lowest BCUT2D eigenvalue weighted by atomic mass is 10.0. The van der Waals surface area contributed by atoms with E-state index >= 15 is 13.2 Å². The summed E-state index contributed by atoms with van der Waals surface area (Å²) in [5.41, 5.74) is -0.805. The van der Waals surface area contributed by atoms with E-state index in [-0.39, 0.29) is 65.1 Å². The Morgan fingerprint density at radius 3 is 2.15 bits per heavy atom. The van der Waals surface area contributed by atoms with Gasteiger partial charge >= 0.3 is 18.0 Å². The quantitative estimate of drug-likeness (QED) is 0.170. The standard InChI is InChI=1S/C38H51ClF3N7O3S2Si/c1-20(2)55(21(3)4,22(5)6)34-28(39)15-29(54-34)30-27(38(40,41)42)14-26-31-32(30)53-19-25(48-13-12-43-45-48)18-47(31)35(50)44-33(26)46-16-23(7)49(24(8)17-46)36(51)52-37(9,10)11/h12-15,20-25H,16-19H2,1-11H3/t23-,24+,25-/m0/s1. The van der Waals surface area contributed by atoms with E-state index in [0.717, 1.165) is 4.50 Å². The van der Waals surface area contributed by atoms with E-state index in [0.29, 0.717) is 26.1 Å². The van der Waals surface area contributed by atoms with Gasteiger partial charge in [-0.2, -0.15) is 18.2 Å². The number of amides is 1. The largest absolute Gasteiger partial charge is 0.444 e. The number of aromatic nitrogens is 5. The second-order valence-corrected chi connectivity index (χ2v) is 25.6. The average Bonchev–Trinajstić information content (AvgIpc) is 3.67. The van der Waals surface area contributed by atoms with Gasteiger partial charge in [-0.25, -0.2) is 14.3 Å². The third-order valence-electron chi connectivity index (χ3n) is 11.1. The van der Waals surface area contributed by atoms with Crippen LogP contribution >= 0.6 is 34.7 Å². The Kier molecular flexibility index (Phi) is 11.3. The number of hydrogen-bond donors (Lipinski definition) is 0. The van der Waals surface area contributed by atoms with E-state index in [1.54, 1.807) is 48.8 Å². The van der Waals surface area contributed by atoms with E-state index < -0.39 is 43.2 Å². The van der Waals surface area contributed by atoms with E-state index in [4.69, 9.17) is 16.3 Å². The van der Waals surface area contributed by atoms with Crippen molar-refractivity contribution in [3.63, 3.8) is 0 Å². The topological polar surface area (TPSA) is 98.4 Å². The molecule has 1 saturated heterocycles. The number of thiophene rings is 1. The molecule has 6 rings (SSSR count). The van der Waals surface area contributed by atoms with Crippen LogP contribution in [0.4, 0.5) is 23.8 Å². The van der Waals surface area contributed by atoms with Gasteiger partial charge in [-0.15, -0.1) is 28.2 Å². The second-order valence-electron chi connectivity index (χ2n) is 16.9. The van der Waals surface area contributed by atoms with Crippen molar-refractivity contribution in [1.29, 1.82) is 0 Å². The lowest BCUT2D eigenvalue weighted by Gasteiger charge is -2.45. The Labute approximate surface area is 334 Å². The molecule has 3 aromatic heterocycles. The molecule has 1 aromatic carbocycles. The Morgan fingerprint density at radius 1 is 1.00 bits per heavy atom. The minimum atomic E-state index is -4.76. The summed E-state index contributed by atoms with van der Waals surface area (Å²) in [7, 11) is -2.37. The summed E-state index contributed by atoms with van der Waals surface area (Å²) in [6.07, 6.45) is -2.00. The molecule has 2 aliphatic rings. The lowest BCUT2D eigenvalue weighted by Crippen LogP contribution is -2.59. The molecule has 4 aromatic rings.